The van der Waals surface area contributed by atoms with Gasteiger partial charge in [-0.2, -0.15) is 0 Å². The van der Waals surface area contributed by atoms with Crippen LogP contribution in [0.4, 0.5) is 0 Å². The number of ether oxygens (including phenoxy) is 5. The first-order valence-electron chi connectivity index (χ1n) is 9.12. The Morgan fingerprint density at radius 1 is 0.962 bits per heavy atom. The van der Waals surface area contributed by atoms with Crippen LogP contribution < -0.4 is 0 Å². The first-order valence-corrected chi connectivity index (χ1v) is 9.12. The Bertz CT molecular complexity index is 670. The lowest BCUT2D eigenvalue weighted by atomic mass is 9.79. The second-order valence-electron chi connectivity index (χ2n) is 8.08. The lowest BCUT2D eigenvalue weighted by Crippen LogP contribution is -2.64. The fourth-order valence-electron chi connectivity index (χ4n) is 3.98. The molecule has 6 nitrogen and oxygen atoms in total. The normalized spacial score (nSPS) is 37.8. The van der Waals surface area contributed by atoms with E-state index in [2.05, 4.69) is 0 Å². The van der Waals surface area contributed by atoms with E-state index in [9.17, 15) is 4.79 Å². The summed E-state index contributed by atoms with van der Waals surface area (Å²) in [6, 6.07) is 9.79. The molecule has 0 radical (unpaired) electrons. The first-order chi connectivity index (χ1) is 12.3. The van der Waals surface area contributed by atoms with Crippen LogP contribution in [0.25, 0.3) is 0 Å². The number of carbonyl (C=O) groups is 1. The molecule has 2 heterocycles. The van der Waals surface area contributed by atoms with Gasteiger partial charge in [-0.05, 0) is 33.3 Å². The molecule has 142 valence electrons. The third-order valence-electron chi connectivity index (χ3n) is 5.13. The van der Waals surface area contributed by atoms with Crippen molar-refractivity contribution >= 4 is 5.78 Å². The van der Waals surface area contributed by atoms with E-state index in [1.165, 1.54) is 0 Å². The average molecular weight is 362 g/mol. The van der Waals surface area contributed by atoms with E-state index in [0.717, 1.165) is 5.56 Å². The van der Waals surface area contributed by atoms with Crippen LogP contribution in [0, 0.1) is 5.92 Å². The highest BCUT2D eigenvalue weighted by atomic mass is 16.8. The van der Waals surface area contributed by atoms with Crippen molar-refractivity contribution in [3.63, 3.8) is 0 Å². The molecule has 6 heteroatoms. The molecule has 0 bridgehead atoms. The Kier molecular flexibility index (Phi) is 4.44. The Hall–Kier alpha value is -1.31. The number of Topliss-reactive ketones (excluding diaryl/α,β-unsaturated/α-hetero) is 1. The van der Waals surface area contributed by atoms with Crippen LogP contribution in [0.2, 0.25) is 0 Å². The molecule has 0 aromatic heterocycles. The molecule has 1 aromatic carbocycles. The van der Waals surface area contributed by atoms with Crippen LogP contribution >= 0.6 is 0 Å². The third kappa shape index (κ3) is 3.32. The van der Waals surface area contributed by atoms with E-state index in [4.69, 9.17) is 23.7 Å². The minimum atomic E-state index is -0.787. The highest BCUT2D eigenvalue weighted by Crippen LogP contribution is 2.43. The monoisotopic (exact) mass is 362 g/mol. The van der Waals surface area contributed by atoms with Gasteiger partial charge in [-0.1, -0.05) is 30.3 Å². The molecular formula is C20H26O6. The lowest BCUT2D eigenvalue weighted by Gasteiger charge is -2.47. The maximum Gasteiger partial charge on any atom is 0.172 e. The number of carbonyl (C=O) groups excluding carboxylic acids is 1. The van der Waals surface area contributed by atoms with E-state index in [-0.39, 0.29) is 11.9 Å². The van der Waals surface area contributed by atoms with Gasteiger partial charge in [0, 0.05) is 0 Å². The molecule has 3 aliphatic rings. The van der Waals surface area contributed by atoms with Gasteiger partial charge < -0.3 is 23.7 Å². The zero-order valence-corrected chi connectivity index (χ0v) is 15.6. The topological polar surface area (TPSA) is 63.2 Å². The van der Waals surface area contributed by atoms with Crippen LogP contribution in [0.15, 0.2) is 30.3 Å². The maximum absolute atomic E-state index is 13.1. The fourth-order valence-corrected chi connectivity index (χ4v) is 3.98. The van der Waals surface area contributed by atoms with Crippen molar-refractivity contribution in [3.05, 3.63) is 35.9 Å². The Balaban J connectivity index is 1.58. The third-order valence-corrected chi connectivity index (χ3v) is 5.13. The van der Waals surface area contributed by atoms with Crippen LogP contribution in [-0.2, 0) is 35.1 Å². The lowest BCUT2D eigenvalue weighted by molar-refractivity contribution is -0.314. The number of hydrogen-bond acceptors (Lipinski definition) is 6. The van der Waals surface area contributed by atoms with Crippen LogP contribution in [0.1, 0.15) is 33.3 Å². The van der Waals surface area contributed by atoms with Gasteiger partial charge in [-0.15, -0.1) is 0 Å². The molecule has 26 heavy (non-hydrogen) atoms. The molecule has 3 fully saturated rings. The molecule has 2 aliphatic heterocycles. The van der Waals surface area contributed by atoms with E-state index in [1.54, 1.807) is 0 Å². The van der Waals surface area contributed by atoms with E-state index in [0.29, 0.717) is 13.2 Å². The summed E-state index contributed by atoms with van der Waals surface area (Å²) in [5, 5.41) is 0. The second-order valence-corrected chi connectivity index (χ2v) is 8.08. The van der Waals surface area contributed by atoms with Crippen molar-refractivity contribution in [2.75, 3.05) is 6.61 Å². The SMILES string of the molecule is CC1(C)O[C@@H]2[C@H](O1)[C@H](OCc1ccccc1)C(=O)[C@@H]1COC(C)(C)O[C@@H]21. The van der Waals surface area contributed by atoms with Crippen molar-refractivity contribution in [2.24, 2.45) is 5.92 Å². The summed E-state index contributed by atoms with van der Waals surface area (Å²) >= 11 is 0. The predicted octanol–water partition coefficient (Wildman–Crippen LogP) is 2.44. The van der Waals surface area contributed by atoms with Crippen molar-refractivity contribution in [1.29, 1.82) is 0 Å². The van der Waals surface area contributed by atoms with Crippen molar-refractivity contribution in [2.45, 2.75) is 70.3 Å². The van der Waals surface area contributed by atoms with Gasteiger partial charge in [0.1, 0.15) is 24.4 Å². The maximum atomic E-state index is 13.1. The number of ketones is 1. The minimum absolute atomic E-state index is 0.0380. The Morgan fingerprint density at radius 3 is 2.35 bits per heavy atom. The van der Waals surface area contributed by atoms with Gasteiger partial charge in [-0.3, -0.25) is 4.79 Å². The number of fused-ring (bicyclic) bond motifs is 3. The van der Waals surface area contributed by atoms with Gasteiger partial charge in [0.05, 0.1) is 19.1 Å². The standard InChI is InChI=1S/C20H26O6/c1-19(2)23-11-13-14(21)16(22-10-12-8-6-5-7-9-12)18-17(15(13)24-19)25-20(3,4)26-18/h5-9,13,15-18H,10-11H2,1-4H3/t13-,15+,16+,17-,18+/m0/s1. The summed E-state index contributed by atoms with van der Waals surface area (Å²) in [5.74, 6) is -1.99. The molecule has 5 atom stereocenters. The highest BCUT2D eigenvalue weighted by molar-refractivity contribution is 5.88. The molecule has 0 unspecified atom stereocenters. The minimum Gasteiger partial charge on any atom is -0.363 e. The molecule has 1 saturated carbocycles. The fraction of sp³-hybridized carbons (Fsp3) is 0.650. The van der Waals surface area contributed by atoms with Gasteiger partial charge in [0.15, 0.2) is 17.4 Å². The van der Waals surface area contributed by atoms with Crippen molar-refractivity contribution < 1.29 is 28.5 Å². The highest BCUT2D eigenvalue weighted by Gasteiger charge is 2.61. The van der Waals surface area contributed by atoms with E-state index >= 15 is 0 Å². The molecule has 0 N–H and O–H groups in total. The number of benzene rings is 1. The van der Waals surface area contributed by atoms with Crippen LogP contribution in [0.5, 0.6) is 0 Å². The van der Waals surface area contributed by atoms with Crippen LogP contribution in [0.3, 0.4) is 0 Å². The summed E-state index contributed by atoms with van der Waals surface area (Å²) < 4.78 is 30.0. The van der Waals surface area contributed by atoms with Gasteiger partial charge in [0.25, 0.3) is 0 Å². The zero-order chi connectivity index (χ0) is 18.5. The zero-order valence-electron chi connectivity index (χ0n) is 15.6. The van der Waals surface area contributed by atoms with Crippen LogP contribution in [-0.4, -0.2) is 48.4 Å². The number of hydrogen-bond donors (Lipinski definition) is 0. The smallest absolute Gasteiger partial charge is 0.172 e. The second kappa shape index (κ2) is 6.39. The molecular weight excluding hydrogens is 336 g/mol. The quantitative estimate of drug-likeness (QED) is 0.823. The van der Waals surface area contributed by atoms with Gasteiger partial charge in [-0.25, -0.2) is 0 Å². The summed E-state index contributed by atoms with van der Waals surface area (Å²) in [5.41, 5.74) is 1.01. The summed E-state index contributed by atoms with van der Waals surface area (Å²) in [7, 11) is 0. The van der Waals surface area contributed by atoms with Gasteiger partial charge in [0.2, 0.25) is 0 Å². The van der Waals surface area contributed by atoms with E-state index < -0.39 is 35.8 Å². The molecule has 4 rings (SSSR count). The number of rotatable bonds is 3. The summed E-state index contributed by atoms with van der Waals surface area (Å²) in [4.78, 5) is 13.1. The molecule has 1 aliphatic carbocycles. The summed E-state index contributed by atoms with van der Waals surface area (Å²) in [6.45, 7) is 8.04. The van der Waals surface area contributed by atoms with Gasteiger partial charge >= 0.3 is 0 Å². The molecule has 2 saturated heterocycles. The molecule has 1 aromatic rings. The Labute approximate surface area is 153 Å². The largest absolute Gasteiger partial charge is 0.363 e. The average Bonchev–Trinajstić information content (AvgIpc) is 2.90. The van der Waals surface area contributed by atoms with Crippen molar-refractivity contribution in [1.82, 2.24) is 0 Å². The molecule has 0 amide bonds. The Morgan fingerprint density at radius 2 is 1.62 bits per heavy atom. The summed E-state index contributed by atoms with van der Waals surface area (Å²) in [6.07, 6.45) is -1.95. The predicted molar refractivity (Wildman–Crippen MR) is 92.2 cm³/mol. The van der Waals surface area contributed by atoms with E-state index in [1.807, 2.05) is 58.0 Å². The van der Waals surface area contributed by atoms with Crippen molar-refractivity contribution in [3.8, 4) is 0 Å². The first kappa shape index (κ1) is 18.1. The molecule has 0 spiro atoms.